The molecule has 1 aliphatic heterocycles. The highest BCUT2D eigenvalue weighted by Crippen LogP contribution is 2.37. The summed E-state index contributed by atoms with van der Waals surface area (Å²) in [6.45, 7) is 5.83. The van der Waals surface area contributed by atoms with E-state index in [1.165, 1.54) is 11.1 Å². The lowest BCUT2D eigenvalue weighted by Crippen LogP contribution is -2.40. The quantitative estimate of drug-likeness (QED) is 0.872. The van der Waals surface area contributed by atoms with Gasteiger partial charge in [0.25, 0.3) is 0 Å². The standard InChI is InChI=1S/C19H23N3O/c1-13(2)22-10-9-20-18(22)17-12-21(19(23)14-7-8-14)11-15-5-3-4-6-16(15)17/h3-6,9-10,13-14,17H,7-8,11-12H2,1-2H3/t17-/m1/s1. The molecule has 4 rings (SSSR count). The Morgan fingerprint density at radius 1 is 1.26 bits per heavy atom. The smallest absolute Gasteiger partial charge is 0.226 e. The molecule has 0 radical (unpaired) electrons. The topological polar surface area (TPSA) is 38.1 Å². The summed E-state index contributed by atoms with van der Waals surface area (Å²) in [5.74, 6) is 1.83. The average molecular weight is 309 g/mol. The van der Waals surface area contributed by atoms with Gasteiger partial charge in [0.2, 0.25) is 5.91 Å². The molecule has 0 saturated heterocycles. The molecule has 4 nitrogen and oxygen atoms in total. The number of rotatable bonds is 3. The van der Waals surface area contributed by atoms with Gasteiger partial charge in [-0.15, -0.1) is 0 Å². The van der Waals surface area contributed by atoms with Crippen LogP contribution in [0.5, 0.6) is 0 Å². The molecule has 120 valence electrons. The molecule has 0 bridgehead atoms. The highest BCUT2D eigenvalue weighted by Gasteiger charge is 2.38. The van der Waals surface area contributed by atoms with Crippen LogP contribution < -0.4 is 0 Å². The summed E-state index contributed by atoms with van der Waals surface area (Å²) >= 11 is 0. The van der Waals surface area contributed by atoms with Crippen LogP contribution in [0.3, 0.4) is 0 Å². The van der Waals surface area contributed by atoms with Crippen molar-refractivity contribution in [2.24, 2.45) is 5.92 Å². The minimum absolute atomic E-state index is 0.167. The van der Waals surface area contributed by atoms with Crippen LogP contribution in [0.1, 0.15) is 55.6 Å². The molecule has 1 saturated carbocycles. The molecule has 4 heteroatoms. The number of aromatic nitrogens is 2. The number of carbonyl (C=O) groups is 1. The van der Waals surface area contributed by atoms with Gasteiger partial charge in [-0.25, -0.2) is 4.98 Å². The summed E-state index contributed by atoms with van der Waals surface area (Å²) in [6.07, 6.45) is 6.04. The first-order chi connectivity index (χ1) is 11.1. The highest BCUT2D eigenvalue weighted by atomic mass is 16.2. The number of carbonyl (C=O) groups excluding carboxylic acids is 1. The summed E-state index contributed by atoms with van der Waals surface area (Å²) in [4.78, 5) is 19.3. The van der Waals surface area contributed by atoms with Gasteiger partial charge in [0.15, 0.2) is 0 Å². The predicted octanol–water partition coefficient (Wildman–Crippen LogP) is 3.35. The fourth-order valence-electron chi connectivity index (χ4n) is 3.62. The zero-order valence-electron chi connectivity index (χ0n) is 13.8. The minimum Gasteiger partial charge on any atom is -0.337 e. The van der Waals surface area contributed by atoms with Gasteiger partial charge in [0.05, 0.1) is 5.92 Å². The van der Waals surface area contributed by atoms with Gasteiger partial charge in [0, 0.05) is 37.4 Å². The molecule has 0 N–H and O–H groups in total. The van der Waals surface area contributed by atoms with Crippen LogP contribution in [0, 0.1) is 5.92 Å². The lowest BCUT2D eigenvalue weighted by atomic mass is 9.88. The largest absolute Gasteiger partial charge is 0.337 e. The maximum absolute atomic E-state index is 12.6. The number of amides is 1. The number of nitrogens with zero attached hydrogens (tertiary/aromatic N) is 3. The number of hydrogen-bond acceptors (Lipinski definition) is 2. The second-order valence-electron chi connectivity index (χ2n) is 7.03. The summed E-state index contributed by atoms with van der Waals surface area (Å²) in [5, 5.41) is 0. The molecular weight excluding hydrogens is 286 g/mol. The predicted molar refractivity (Wildman–Crippen MR) is 89.0 cm³/mol. The Morgan fingerprint density at radius 3 is 2.78 bits per heavy atom. The molecule has 0 spiro atoms. The third-order valence-corrected chi connectivity index (χ3v) is 5.00. The molecule has 1 fully saturated rings. The molecule has 1 aromatic carbocycles. The van der Waals surface area contributed by atoms with Crippen LogP contribution in [-0.2, 0) is 11.3 Å². The third-order valence-electron chi connectivity index (χ3n) is 5.00. The van der Waals surface area contributed by atoms with E-state index in [1.807, 2.05) is 17.3 Å². The molecular formula is C19H23N3O. The monoisotopic (exact) mass is 309 g/mol. The first-order valence-corrected chi connectivity index (χ1v) is 8.54. The van der Waals surface area contributed by atoms with Crippen molar-refractivity contribution >= 4 is 5.91 Å². The van der Waals surface area contributed by atoms with Crippen molar-refractivity contribution in [2.75, 3.05) is 6.54 Å². The lowest BCUT2D eigenvalue weighted by molar-refractivity contribution is -0.133. The van der Waals surface area contributed by atoms with E-state index >= 15 is 0 Å². The Balaban J connectivity index is 1.74. The normalized spacial score (nSPS) is 20.7. The van der Waals surface area contributed by atoms with Crippen molar-refractivity contribution in [1.29, 1.82) is 0 Å². The number of fused-ring (bicyclic) bond motifs is 1. The SMILES string of the molecule is CC(C)n1ccnc1[C@@H]1CN(C(=O)C2CC2)Cc2ccccc21. The summed E-state index contributed by atoms with van der Waals surface area (Å²) < 4.78 is 2.23. The Hall–Kier alpha value is -2.10. The average Bonchev–Trinajstić information content (AvgIpc) is 3.29. The lowest BCUT2D eigenvalue weighted by Gasteiger charge is -2.35. The molecule has 23 heavy (non-hydrogen) atoms. The number of imidazole rings is 1. The first kappa shape index (κ1) is 14.5. The van der Waals surface area contributed by atoms with Gasteiger partial charge in [-0.1, -0.05) is 24.3 Å². The molecule has 0 unspecified atom stereocenters. The van der Waals surface area contributed by atoms with Crippen molar-refractivity contribution in [1.82, 2.24) is 14.5 Å². The van der Waals surface area contributed by atoms with Crippen LogP contribution in [-0.4, -0.2) is 26.9 Å². The van der Waals surface area contributed by atoms with Crippen molar-refractivity contribution in [3.63, 3.8) is 0 Å². The van der Waals surface area contributed by atoms with Gasteiger partial charge in [-0.05, 0) is 37.8 Å². The van der Waals surface area contributed by atoms with Gasteiger partial charge in [0.1, 0.15) is 5.82 Å². The molecule has 1 aliphatic carbocycles. The van der Waals surface area contributed by atoms with Crippen molar-refractivity contribution in [3.8, 4) is 0 Å². The Kier molecular flexibility index (Phi) is 3.47. The maximum atomic E-state index is 12.6. The zero-order chi connectivity index (χ0) is 16.0. The van der Waals surface area contributed by atoms with Gasteiger partial charge < -0.3 is 9.47 Å². The van der Waals surface area contributed by atoms with Gasteiger partial charge in [-0.3, -0.25) is 4.79 Å². The van der Waals surface area contributed by atoms with Gasteiger partial charge >= 0.3 is 0 Å². The third kappa shape index (κ3) is 2.56. The Morgan fingerprint density at radius 2 is 2.04 bits per heavy atom. The van der Waals surface area contributed by atoms with E-state index in [-0.39, 0.29) is 11.8 Å². The van der Waals surface area contributed by atoms with E-state index in [9.17, 15) is 4.79 Å². The van der Waals surface area contributed by atoms with Crippen LogP contribution in [0.15, 0.2) is 36.7 Å². The fraction of sp³-hybridized carbons (Fsp3) is 0.474. The Bertz CT molecular complexity index is 730. The van der Waals surface area contributed by atoms with Crippen LogP contribution in [0.25, 0.3) is 0 Å². The molecule has 2 aromatic rings. The molecule has 2 heterocycles. The van der Waals surface area contributed by atoms with E-state index in [2.05, 4.69) is 47.7 Å². The Labute approximate surface area is 137 Å². The minimum atomic E-state index is 0.167. The van der Waals surface area contributed by atoms with Crippen LogP contribution in [0.2, 0.25) is 0 Å². The maximum Gasteiger partial charge on any atom is 0.226 e. The highest BCUT2D eigenvalue weighted by molar-refractivity contribution is 5.81. The molecule has 1 aromatic heterocycles. The molecule has 2 aliphatic rings. The summed E-state index contributed by atoms with van der Waals surface area (Å²) in [7, 11) is 0. The first-order valence-electron chi connectivity index (χ1n) is 8.54. The second kappa shape index (κ2) is 5.52. The number of hydrogen-bond donors (Lipinski definition) is 0. The van der Waals surface area contributed by atoms with E-state index in [0.717, 1.165) is 31.8 Å². The molecule has 1 atom stereocenters. The zero-order valence-corrected chi connectivity index (χ0v) is 13.8. The van der Waals surface area contributed by atoms with E-state index in [1.54, 1.807) is 0 Å². The summed E-state index contributed by atoms with van der Waals surface area (Å²) in [6, 6.07) is 8.87. The van der Waals surface area contributed by atoms with Crippen molar-refractivity contribution in [2.45, 2.75) is 45.2 Å². The summed E-state index contributed by atoms with van der Waals surface area (Å²) in [5.41, 5.74) is 2.58. The van der Waals surface area contributed by atoms with Gasteiger partial charge in [-0.2, -0.15) is 0 Å². The second-order valence-corrected chi connectivity index (χ2v) is 7.03. The van der Waals surface area contributed by atoms with Crippen LogP contribution >= 0.6 is 0 Å². The van der Waals surface area contributed by atoms with E-state index < -0.39 is 0 Å². The fourth-order valence-corrected chi connectivity index (χ4v) is 3.62. The number of benzene rings is 1. The molecule has 1 amide bonds. The van der Waals surface area contributed by atoms with Crippen molar-refractivity contribution < 1.29 is 4.79 Å². The van der Waals surface area contributed by atoms with Crippen molar-refractivity contribution in [3.05, 3.63) is 53.6 Å². The van der Waals surface area contributed by atoms with E-state index in [4.69, 9.17) is 0 Å². The van der Waals surface area contributed by atoms with Crippen LogP contribution in [0.4, 0.5) is 0 Å². The van der Waals surface area contributed by atoms with E-state index in [0.29, 0.717) is 11.9 Å².